The van der Waals surface area contributed by atoms with Crippen LogP contribution in [0.15, 0.2) is 0 Å². The van der Waals surface area contributed by atoms with Crippen LogP contribution < -0.4 is 5.32 Å². The Hall–Kier alpha value is -0.0400. The molecule has 3 aliphatic carbocycles. The standard InChI is InChI=1S/C11H19N/c1-10(2)7-4-11(6-12-3)5-8(10)9(7)11/h7-9,12H,4-6H2,1-3H3. The van der Waals surface area contributed by atoms with Crippen LogP contribution >= 0.6 is 0 Å². The topological polar surface area (TPSA) is 12.0 Å². The highest BCUT2D eigenvalue weighted by Crippen LogP contribution is 2.83. The summed E-state index contributed by atoms with van der Waals surface area (Å²) in [6.07, 6.45) is 3.03. The van der Waals surface area contributed by atoms with Crippen LogP contribution in [0, 0.1) is 28.6 Å². The van der Waals surface area contributed by atoms with E-state index in [-0.39, 0.29) is 0 Å². The highest BCUT2D eigenvalue weighted by atomic mass is 14.9. The highest BCUT2D eigenvalue weighted by molar-refractivity contribution is 5.26. The molecular formula is C11H19N. The maximum atomic E-state index is 3.36. The van der Waals surface area contributed by atoms with Crippen molar-refractivity contribution in [2.75, 3.05) is 13.6 Å². The molecular weight excluding hydrogens is 146 g/mol. The molecule has 12 heavy (non-hydrogen) atoms. The Morgan fingerprint density at radius 3 is 2.25 bits per heavy atom. The summed E-state index contributed by atoms with van der Waals surface area (Å²) in [5.74, 6) is 3.30. The molecule has 1 nitrogen and oxygen atoms in total. The van der Waals surface area contributed by atoms with Gasteiger partial charge in [0.05, 0.1) is 0 Å². The first-order chi connectivity index (χ1) is 5.62. The van der Waals surface area contributed by atoms with E-state index in [0.29, 0.717) is 5.41 Å². The second-order valence-corrected chi connectivity index (χ2v) is 5.86. The molecule has 0 radical (unpaired) electrons. The summed E-state index contributed by atoms with van der Waals surface area (Å²) >= 11 is 0. The van der Waals surface area contributed by atoms with E-state index in [1.807, 2.05) is 0 Å². The quantitative estimate of drug-likeness (QED) is 0.659. The summed E-state index contributed by atoms with van der Waals surface area (Å²) in [4.78, 5) is 0. The summed E-state index contributed by atoms with van der Waals surface area (Å²) in [5.41, 5.74) is 1.49. The summed E-state index contributed by atoms with van der Waals surface area (Å²) in [7, 11) is 2.10. The molecule has 3 fully saturated rings. The minimum Gasteiger partial charge on any atom is -0.319 e. The largest absolute Gasteiger partial charge is 0.319 e. The van der Waals surface area contributed by atoms with Crippen LogP contribution in [0.25, 0.3) is 0 Å². The lowest BCUT2D eigenvalue weighted by Crippen LogP contribution is -2.79. The Balaban J connectivity index is 1.77. The van der Waals surface area contributed by atoms with E-state index in [1.54, 1.807) is 0 Å². The molecule has 3 rings (SSSR count). The Morgan fingerprint density at radius 2 is 1.83 bits per heavy atom. The van der Waals surface area contributed by atoms with Gasteiger partial charge >= 0.3 is 0 Å². The van der Waals surface area contributed by atoms with E-state index in [1.165, 1.54) is 19.4 Å². The fraction of sp³-hybridized carbons (Fsp3) is 1.00. The second-order valence-electron chi connectivity index (χ2n) is 5.86. The Morgan fingerprint density at radius 1 is 1.25 bits per heavy atom. The van der Waals surface area contributed by atoms with Gasteiger partial charge < -0.3 is 5.32 Å². The van der Waals surface area contributed by atoms with Crippen LogP contribution in [0.1, 0.15) is 26.7 Å². The van der Waals surface area contributed by atoms with Crippen molar-refractivity contribution in [3.63, 3.8) is 0 Å². The second kappa shape index (κ2) is 1.75. The molecule has 0 aromatic rings. The molecule has 0 amide bonds. The van der Waals surface area contributed by atoms with E-state index >= 15 is 0 Å². The summed E-state index contributed by atoms with van der Waals surface area (Å²) in [6.45, 7) is 6.23. The molecule has 0 saturated heterocycles. The minimum atomic E-state index is 0.708. The molecule has 1 N–H and O–H groups in total. The molecule has 68 valence electrons. The van der Waals surface area contributed by atoms with Crippen molar-refractivity contribution >= 4 is 0 Å². The first kappa shape index (κ1) is 7.37. The van der Waals surface area contributed by atoms with Gasteiger partial charge in [0.15, 0.2) is 0 Å². The van der Waals surface area contributed by atoms with Gasteiger partial charge in [-0.05, 0) is 48.5 Å². The average Bonchev–Trinajstić information content (AvgIpc) is 1.98. The van der Waals surface area contributed by atoms with Crippen molar-refractivity contribution in [1.29, 1.82) is 0 Å². The van der Waals surface area contributed by atoms with Crippen LogP contribution in [-0.4, -0.2) is 13.6 Å². The van der Waals surface area contributed by atoms with E-state index in [0.717, 1.165) is 23.2 Å². The monoisotopic (exact) mass is 165 g/mol. The Labute approximate surface area is 74.9 Å². The minimum absolute atomic E-state index is 0.708. The van der Waals surface area contributed by atoms with Gasteiger partial charge in [-0.15, -0.1) is 0 Å². The van der Waals surface area contributed by atoms with Crippen molar-refractivity contribution in [2.45, 2.75) is 26.7 Å². The zero-order chi connectivity index (χ0) is 8.56. The lowest BCUT2D eigenvalue weighted by atomic mass is 9.22. The normalized spacial score (nSPS) is 57.8. The van der Waals surface area contributed by atoms with E-state index in [9.17, 15) is 0 Å². The lowest BCUT2D eigenvalue weighted by Gasteiger charge is -2.83. The predicted molar refractivity (Wildman–Crippen MR) is 49.8 cm³/mol. The average molecular weight is 165 g/mol. The molecule has 2 unspecified atom stereocenters. The Bertz CT molecular complexity index is 215. The van der Waals surface area contributed by atoms with Crippen LogP contribution in [0.3, 0.4) is 0 Å². The van der Waals surface area contributed by atoms with Crippen LogP contribution in [-0.2, 0) is 0 Å². The molecule has 0 heterocycles. The third-order valence-corrected chi connectivity index (χ3v) is 5.27. The molecule has 3 aliphatic rings. The van der Waals surface area contributed by atoms with Gasteiger partial charge in [0, 0.05) is 6.54 Å². The van der Waals surface area contributed by atoms with Crippen molar-refractivity contribution < 1.29 is 0 Å². The van der Waals surface area contributed by atoms with Gasteiger partial charge in [-0.25, -0.2) is 0 Å². The van der Waals surface area contributed by atoms with E-state index < -0.39 is 0 Å². The smallest absolute Gasteiger partial charge is 0.000789 e. The molecule has 0 aliphatic heterocycles. The fourth-order valence-corrected chi connectivity index (χ4v) is 4.52. The molecule has 0 aromatic heterocycles. The zero-order valence-electron chi connectivity index (χ0n) is 8.35. The highest BCUT2D eigenvalue weighted by Gasteiger charge is 2.78. The fourth-order valence-electron chi connectivity index (χ4n) is 4.52. The number of hydrogen-bond acceptors (Lipinski definition) is 1. The molecule has 3 saturated carbocycles. The van der Waals surface area contributed by atoms with Crippen molar-refractivity contribution in [1.82, 2.24) is 5.32 Å². The first-order valence-corrected chi connectivity index (χ1v) is 5.26. The zero-order valence-corrected chi connectivity index (χ0v) is 8.35. The maximum absolute atomic E-state index is 3.36. The van der Waals surface area contributed by atoms with Gasteiger partial charge in [0.2, 0.25) is 0 Å². The SMILES string of the molecule is CNCC12CC3C1C(C2)C3(C)C. The van der Waals surface area contributed by atoms with E-state index in [2.05, 4.69) is 26.2 Å². The molecule has 0 aromatic carbocycles. The Kier molecular flexibility index (Phi) is 1.07. The van der Waals surface area contributed by atoms with Gasteiger partial charge in [0.1, 0.15) is 0 Å². The van der Waals surface area contributed by atoms with E-state index in [4.69, 9.17) is 0 Å². The van der Waals surface area contributed by atoms with Gasteiger partial charge in [-0.2, -0.15) is 0 Å². The van der Waals surface area contributed by atoms with Gasteiger partial charge in [-0.1, -0.05) is 13.8 Å². The van der Waals surface area contributed by atoms with Crippen LogP contribution in [0.2, 0.25) is 0 Å². The van der Waals surface area contributed by atoms with Crippen LogP contribution in [0.5, 0.6) is 0 Å². The van der Waals surface area contributed by atoms with Crippen molar-refractivity contribution in [3.05, 3.63) is 0 Å². The molecule has 0 bridgehead atoms. The third-order valence-electron chi connectivity index (χ3n) is 5.27. The first-order valence-electron chi connectivity index (χ1n) is 5.26. The predicted octanol–water partition coefficient (Wildman–Crippen LogP) is 1.89. The third kappa shape index (κ3) is 0.501. The summed E-state index contributed by atoms with van der Waals surface area (Å²) in [6, 6.07) is 0. The number of nitrogens with one attached hydrogen (secondary N) is 1. The molecule has 0 spiro atoms. The summed E-state index contributed by atoms with van der Waals surface area (Å²) < 4.78 is 0. The van der Waals surface area contributed by atoms with Gasteiger partial charge in [0.25, 0.3) is 0 Å². The van der Waals surface area contributed by atoms with Crippen molar-refractivity contribution in [3.8, 4) is 0 Å². The molecule has 1 heteroatoms. The van der Waals surface area contributed by atoms with Crippen LogP contribution in [0.4, 0.5) is 0 Å². The molecule has 2 atom stereocenters. The maximum Gasteiger partial charge on any atom is 0.000789 e. The number of rotatable bonds is 2. The van der Waals surface area contributed by atoms with Gasteiger partial charge in [-0.3, -0.25) is 0 Å². The lowest BCUT2D eigenvalue weighted by molar-refractivity contribution is -0.347. The number of hydrogen-bond donors (Lipinski definition) is 1. The van der Waals surface area contributed by atoms with Crippen molar-refractivity contribution in [2.24, 2.45) is 28.6 Å². The summed E-state index contributed by atoms with van der Waals surface area (Å²) in [5, 5.41) is 3.36.